The summed E-state index contributed by atoms with van der Waals surface area (Å²) in [6, 6.07) is 85.2. The highest BCUT2D eigenvalue weighted by atomic mass is 32.1. The second kappa shape index (κ2) is 13.8. The molecule has 3 heterocycles. The molecule has 0 saturated heterocycles. The van der Waals surface area contributed by atoms with E-state index < -0.39 is 5.41 Å². The molecular formula is C63H38N2OS. The number of benzene rings is 11. The Morgan fingerprint density at radius 1 is 0.373 bits per heavy atom. The van der Waals surface area contributed by atoms with Crippen molar-refractivity contribution in [3.05, 3.63) is 253 Å². The molecule has 2 aromatic heterocycles. The maximum Gasteiger partial charge on any atom is 0.132 e. The molecule has 0 bridgehead atoms. The zero-order valence-electron chi connectivity index (χ0n) is 36.2. The van der Waals surface area contributed by atoms with Gasteiger partial charge < -0.3 is 14.2 Å². The third kappa shape index (κ3) is 5.05. The SMILES string of the molecule is c1ccc2c(c1)Oc1ccc(N(c3ccc4sc5ccccc5c4c3)c3ccc4c(c3)c3ccccc3n4-c3cccc4ccccc34)cc1C21c2ccccc2-c2cccc3cccc1c23. The van der Waals surface area contributed by atoms with Crippen molar-refractivity contribution in [2.75, 3.05) is 4.90 Å². The fourth-order valence-electron chi connectivity index (χ4n) is 11.9. The summed E-state index contributed by atoms with van der Waals surface area (Å²) in [5.74, 6) is 1.75. The highest BCUT2D eigenvalue weighted by molar-refractivity contribution is 7.25. The van der Waals surface area contributed by atoms with Crippen molar-refractivity contribution in [1.29, 1.82) is 0 Å². The van der Waals surface area contributed by atoms with Crippen molar-refractivity contribution in [3.8, 4) is 28.3 Å². The van der Waals surface area contributed by atoms with Crippen LogP contribution >= 0.6 is 11.3 Å². The van der Waals surface area contributed by atoms with Gasteiger partial charge in [-0.05, 0) is 117 Å². The Hall–Kier alpha value is -8.44. The minimum Gasteiger partial charge on any atom is -0.457 e. The lowest BCUT2D eigenvalue weighted by Gasteiger charge is -2.45. The molecule has 1 aliphatic carbocycles. The van der Waals surface area contributed by atoms with E-state index in [0.29, 0.717) is 0 Å². The van der Waals surface area contributed by atoms with Gasteiger partial charge in [-0.15, -0.1) is 11.3 Å². The van der Waals surface area contributed by atoms with E-state index in [0.717, 1.165) is 39.7 Å². The summed E-state index contributed by atoms with van der Waals surface area (Å²) in [5.41, 5.74) is 13.4. The number of rotatable bonds is 4. The average molecular weight is 871 g/mol. The van der Waals surface area contributed by atoms with Crippen molar-refractivity contribution < 1.29 is 4.74 Å². The van der Waals surface area contributed by atoms with Crippen LogP contribution in [0, 0.1) is 0 Å². The van der Waals surface area contributed by atoms with Crippen LogP contribution in [0.3, 0.4) is 0 Å². The first-order chi connectivity index (χ1) is 33.2. The number of ether oxygens (including phenoxy) is 1. The van der Waals surface area contributed by atoms with Crippen LogP contribution in [0.4, 0.5) is 17.1 Å². The van der Waals surface area contributed by atoms with E-state index in [1.54, 1.807) is 0 Å². The van der Waals surface area contributed by atoms with Gasteiger partial charge in [-0.3, -0.25) is 0 Å². The Morgan fingerprint density at radius 3 is 1.90 bits per heavy atom. The Labute approximate surface area is 390 Å². The van der Waals surface area contributed by atoms with E-state index in [1.165, 1.54) is 91.5 Å². The van der Waals surface area contributed by atoms with Crippen LogP contribution in [0.25, 0.3) is 80.3 Å². The molecule has 1 spiro atoms. The minimum absolute atomic E-state index is 0.667. The van der Waals surface area contributed by atoms with Crippen molar-refractivity contribution in [2.24, 2.45) is 0 Å². The molecule has 67 heavy (non-hydrogen) atoms. The van der Waals surface area contributed by atoms with Gasteiger partial charge in [-0.25, -0.2) is 0 Å². The molecule has 3 nitrogen and oxygen atoms in total. The quantitative estimate of drug-likeness (QED) is 0.175. The number of thiophene rings is 1. The van der Waals surface area contributed by atoms with Crippen LogP contribution < -0.4 is 9.64 Å². The molecular weight excluding hydrogens is 833 g/mol. The van der Waals surface area contributed by atoms with Crippen LogP contribution in [0.5, 0.6) is 11.5 Å². The summed E-state index contributed by atoms with van der Waals surface area (Å²) in [6.07, 6.45) is 0. The Kier molecular flexibility index (Phi) is 7.58. The topological polar surface area (TPSA) is 17.4 Å². The van der Waals surface area contributed by atoms with E-state index in [-0.39, 0.29) is 0 Å². The third-order valence-electron chi connectivity index (χ3n) is 14.6. The van der Waals surface area contributed by atoms with Crippen LogP contribution in [-0.4, -0.2) is 4.57 Å². The molecule has 11 aromatic carbocycles. The summed E-state index contributed by atoms with van der Waals surface area (Å²) in [7, 11) is 0. The monoisotopic (exact) mass is 870 g/mol. The molecule has 1 aliphatic heterocycles. The number of anilines is 3. The smallest absolute Gasteiger partial charge is 0.132 e. The van der Waals surface area contributed by atoms with Gasteiger partial charge in [0, 0.05) is 64.5 Å². The van der Waals surface area contributed by atoms with Crippen molar-refractivity contribution >= 4 is 91.9 Å². The second-order valence-corrected chi connectivity index (χ2v) is 19.0. The normalized spacial score (nSPS) is 14.7. The number of hydrogen-bond donors (Lipinski definition) is 0. The van der Waals surface area contributed by atoms with E-state index >= 15 is 0 Å². The standard InChI is InChI=1S/C63H38N2OS/c1-2-18-44-39(14-1)15-13-27-55(44)65-56-26-8-4-20-46(56)49-36-41(30-33-57(49)65)64(42-32-35-61-50(37-42)47-21-5-10-29-60(47)67-61)43-31-34-59-54(38-43)63(52-24-7-9-28-58(52)66-59)51-23-6-3-19-45(51)48-22-11-16-40-17-12-25-53(63)62(40)48/h1-38H. The predicted octanol–water partition coefficient (Wildman–Crippen LogP) is 17.4. The van der Waals surface area contributed by atoms with Crippen LogP contribution in [0.1, 0.15) is 22.3 Å². The molecule has 13 aromatic rings. The van der Waals surface area contributed by atoms with Crippen molar-refractivity contribution in [3.63, 3.8) is 0 Å². The number of nitrogens with zero attached hydrogens (tertiary/aromatic N) is 2. The Morgan fingerprint density at radius 2 is 0.970 bits per heavy atom. The fraction of sp³-hybridized carbons (Fsp3) is 0.0159. The molecule has 0 fully saturated rings. The first-order valence-electron chi connectivity index (χ1n) is 23.0. The van der Waals surface area contributed by atoms with Crippen molar-refractivity contribution in [1.82, 2.24) is 4.57 Å². The molecule has 0 amide bonds. The molecule has 1 atom stereocenters. The largest absolute Gasteiger partial charge is 0.457 e. The Bertz CT molecular complexity index is 4220. The lowest BCUT2D eigenvalue weighted by molar-refractivity contribution is 0.435. The van der Waals surface area contributed by atoms with Gasteiger partial charge in [0.2, 0.25) is 0 Å². The maximum atomic E-state index is 7.01. The van der Waals surface area contributed by atoms with Crippen LogP contribution in [-0.2, 0) is 5.41 Å². The minimum atomic E-state index is -0.667. The number of fused-ring (bicyclic) bond motifs is 15. The van der Waals surface area contributed by atoms with E-state index in [9.17, 15) is 0 Å². The van der Waals surface area contributed by atoms with Gasteiger partial charge >= 0.3 is 0 Å². The number of aromatic nitrogens is 1. The summed E-state index contributed by atoms with van der Waals surface area (Å²) in [4.78, 5) is 2.47. The molecule has 2 aliphatic rings. The van der Waals surface area contributed by atoms with Gasteiger partial charge in [-0.1, -0.05) is 152 Å². The Balaban J connectivity index is 1.02. The molecule has 0 N–H and O–H groups in total. The van der Waals surface area contributed by atoms with Crippen LogP contribution in [0.2, 0.25) is 0 Å². The summed E-state index contributed by atoms with van der Waals surface area (Å²) < 4.78 is 12.0. The average Bonchev–Trinajstić information content (AvgIpc) is 3.93. The summed E-state index contributed by atoms with van der Waals surface area (Å²) in [6.45, 7) is 0. The highest BCUT2D eigenvalue weighted by Gasteiger charge is 2.49. The van der Waals surface area contributed by atoms with Gasteiger partial charge in [0.1, 0.15) is 11.5 Å². The molecule has 15 rings (SSSR count). The molecule has 4 heteroatoms. The summed E-state index contributed by atoms with van der Waals surface area (Å²) >= 11 is 1.85. The molecule has 312 valence electrons. The third-order valence-corrected chi connectivity index (χ3v) is 15.8. The van der Waals surface area contributed by atoms with Crippen molar-refractivity contribution in [2.45, 2.75) is 5.41 Å². The fourth-order valence-corrected chi connectivity index (χ4v) is 13.0. The van der Waals surface area contributed by atoms with E-state index in [2.05, 4.69) is 240 Å². The maximum absolute atomic E-state index is 7.01. The highest BCUT2D eigenvalue weighted by Crippen LogP contribution is 2.62. The molecule has 0 radical (unpaired) electrons. The number of hydrogen-bond acceptors (Lipinski definition) is 3. The van der Waals surface area contributed by atoms with Gasteiger partial charge in [0.05, 0.1) is 22.1 Å². The van der Waals surface area contributed by atoms with E-state index in [4.69, 9.17) is 4.74 Å². The number of para-hydroxylation sites is 2. The van der Waals surface area contributed by atoms with Crippen LogP contribution in [0.15, 0.2) is 231 Å². The van der Waals surface area contributed by atoms with Gasteiger partial charge in [0.15, 0.2) is 0 Å². The lowest BCUT2D eigenvalue weighted by atomic mass is 9.58. The lowest BCUT2D eigenvalue weighted by Crippen LogP contribution is -2.36. The molecule has 1 unspecified atom stereocenters. The predicted molar refractivity (Wildman–Crippen MR) is 281 cm³/mol. The summed E-state index contributed by atoms with van der Waals surface area (Å²) in [5, 5.41) is 9.92. The van der Waals surface area contributed by atoms with Gasteiger partial charge in [-0.2, -0.15) is 0 Å². The second-order valence-electron chi connectivity index (χ2n) is 17.9. The first-order valence-corrected chi connectivity index (χ1v) is 23.8. The zero-order valence-corrected chi connectivity index (χ0v) is 37.0. The first kappa shape index (κ1) is 36.9. The zero-order chi connectivity index (χ0) is 43.8. The van der Waals surface area contributed by atoms with Gasteiger partial charge in [0.25, 0.3) is 0 Å². The molecule has 0 saturated carbocycles. The van der Waals surface area contributed by atoms with E-state index in [1.807, 2.05) is 11.3 Å².